The maximum absolute atomic E-state index is 9.30. The molecule has 7 heteroatoms. The molecule has 30 heavy (non-hydrogen) atoms. The van der Waals surface area contributed by atoms with Gasteiger partial charge in [0.05, 0.1) is 35.4 Å². The maximum Gasteiger partial charge on any atom is 0.304 e. The van der Waals surface area contributed by atoms with E-state index >= 15 is 0 Å². The number of aliphatic imine (C=N–C) groups is 1. The largest absolute Gasteiger partial charge is 0.494 e. The normalized spacial score (nSPS) is 15.7. The highest BCUT2D eigenvalue weighted by Gasteiger charge is 2.29. The van der Waals surface area contributed by atoms with E-state index in [1.54, 1.807) is 17.5 Å². The summed E-state index contributed by atoms with van der Waals surface area (Å²) in [5.41, 5.74) is 0.913. The van der Waals surface area contributed by atoms with Crippen LogP contribution >= 0.6 is 11.3 Å². The molecule has 0 radical (unpaired) electrons. The molecule has 6 nitrogen and oxygen atoms in total. The molecule has 4 rings (SSSR count). The van der Waals surface area contributed by atoms with Crippen molar-refractivity contribution in [2.45, 2.75) is 32.2 Å². The van der Waals surface area contributed by atoms with Gasteiger partial charge in [-0.15, -0.1) is 0 Å². The van der Waals surface area contributed by atoms with E-state index in [-0.39, 0.29) is 6.04 Å². The number of rotatable bonds is 7. The van der Waals surface area contributed by atoms with Gasteiger partial charge in [-0.25, -0.2) is 9.98 Å². The number of ether oxygens (including phenoxy) is 2. The first-order valence-electron chi connectivity index (χ1n) is 9.95. The molecule has 2 heterocycles. The van der Waals surface area contributed by atoms with Crippen LogP contribution in [0.15, 0.2) is 65.8 Å². The maximum atomic E-state index is 9.30. The number of hydrogen-bond donors (Lipinski definition) is 0. The summed E-state index contributed by atoms with van der Waals surface area (Å²) in [6.45, 7) is 2.84. The topological polar surface area (TPSA) is 70.7 Å². The Morgan fingerprint density at radius 3 is 2.70 bits per heavy atom. The molecule has 1 atom stereocenters. The van der Waals surface area contributed by atoms with Crippen LogP contribution in [0, 0.1) is 11.3 Å². The average molecular weight is 419 g/mol. The fourth-order valence-corrected chi connectivity index (χ4v) is 4.07. The Kier molecular flexibility index (Phi) is 6.26. The molecule has 3 aromatic rings. The van der Waals surface area contributed by atoms with Crippen LogP contribution in [0.4, 0.5) is 5.13 Å². The molecule has 0 amide bonds. The second kappa shape index (κ2) is 9.42. The minimum absolute atomic E-state index is 0.195. The average Bonchev–Trinajstić information content (AvgIpc) is 3.19. The van der Waals surface area contributed by atoms with Crippen LogP contribution in [-0.2, 0) is 0 Å². The van der Waals surface area contributed by atoms with Crippen molar-refractivity contribution in [3.05, 3.63) is 60.8 Å². The van der Waals surface area contributed by atoms with Crippen molar-refractivity contribution in [1.82, 2.24) is 4.98 Å². The number of hydrogen-bond acceptors (Lipinski definition) is 7. The molecule has 1 unspecified atom stereocenters. The van der Waals surface area contributed by atoms with Crippen molar-refractivity contribution in [2.75, 3.05) is 11.5 Å². The molecule has 152 valence electrons. The van der Waals surface area contributed by atoms with Gasteiger partial charge in [0.2, 0.25) is 0 Å². The molecule has 0 spiro atoms. The first-order valence-corrected chi connectivity index (χ1v) is 10.8. The molecular formula is C23H22N4O2S. The van der Waals surface area contributed by atoms with Crippen molar-refractivity contribution >= 4 is 32.7 Å². The Balaban J connectivity index is 1.57. The minimum Gasteiger partial charge on any atom is -0.494 e. The summed E-state index contributed by atoms with van der Waals surface area (Å²) < 4.78 is 12.9. The number of amidine groups is 1. The number of benzene rings is 2. The van der Waals surface area contributed by atoms with E-state index in [2.05, 4.69) is 18.0 Å². The van der Waals surface area contributed by atoms with Crippen molar-refractivity contribution in [3.63, 3.8) is 0 Å². The quantitative estimate of drug-likeness (QED) is 0.472. The second-order valence-corrected chi connectivity index (χ2v) is 7.80. The van der Waals surface area contributed by atoms with Gasteiger partial charge in [0.25, 0.3) is 0 Å². The highest BCUT2D eigenvalue weighted by atomic mass is 32.1. The summed E-state index contributed by atoms with van der Waals surface area (Å²) in [6, 6.07) is 17.9. The van der Waals surface area contributed by atoms with E-state index in [0.717, 1.165) is 33.9 Å². The summed E-state index contributed by atoms with van der Waals surface area (Å²) in [5.74, 6) is 1.46. The van der Waals surface area contributed by atoms with E-state index < -0.39 is 0 Å². The molecule has 0 saturated carbocycles. The van der Waals surface area contributed by atoms with Gasteiger partial charge in [0.15, 0.2) is 5.13 Å². The van der Waals surface area contributed by atoms with Crippen LogP contribution in [-0.4, -0.2) is 23.7 Å². The van der Waals surface area contributed by atoms with Crippen LogP contribution in [0.2, 0.25) is 0 Å². The van der Waals surface area contributed by atoms with E-state index in [4.69, 9.17) is 14.5 Å². The molecule has 1 aliphatic rings. The van der Waals surface area contributed by atoms with E-state index in [1.165, 1.54) is 0 Å². The first-order chi connectivity index (χ1) is 14.8. The molecule has 0 N–H and O–H groups in total. The zero-order valence-electron chi connectivity index (χ0n) is 16.7. The summed E-state index contributed by atoms with van der Waals surface area (Å²) in [5, 5.41) is 10.0. The van der Waals surface area contributed by atoms with Gasteiger partial charge < -0.3 is 9.47 Å². The third-order valence-corrected chi connectivity index (χ3v) is 5.66. The van der Waals surface area contributed by atoms with Crippen LogP contribution in [0.1, 0.15) is 26.2 Å². The lowest BCUT2D eigenvalue weighted by atomic mass is 10.2. The Bertz CT molecular complexity index is 1070. The molecule has 1 aromatic heterocycles. The van der Waals surface area contributed by atoms with Gasteiger partial charge in [0, 0.05) is 6.20 Å². The lowest BCUT2D eigenvalue weighted by Gasteiger charge is -2.30. The molecule has 0 bridgehead atoms. The van der Waals surface area contributed by atoms with Crippen molar-refractivity contribution in [1.29, 1.82) is 5.26 Å². The third-order valence-electron chi connectivity index (χ3n) is 4.62. The molecule has 0 saturated heterocycles. The third kappa shape index (κ3) is 4.44. The minimum atomic E-state index is -0.195. The van der Waals surface area contributed by atoms with Crippen LogP contribution in [0.25, 0.3) is 10.2 Å². The van der Waals surface area contributed by atoms with E-state index in [0.29, 0.717) is 24.8 Å². The van der Waals surface area contributed by atoms with Crippen molar-refractivity contribution < 1.29 is 9.47 Å². The summed E-state index contributed by atoms with van der Waals surface area (Å²) in [7, 11) is 0. The number of unbranched alkanes of at least 4 members (excludes halogenated alkanes) is 1. The number of para-hydroxylation sites is 1. The standard InChI is InChI=1S/C23H22N4O2S/c1-2-3-16-28-18-8-10-19(11-9-18)29-22-25-15-13-17(12-14-24)27(22)23-26-20-6-4-5-7-21(20)30-23/h4-11,13,15,17H,2-3,12,16H2,1H3. The van der Waals surface area contributed by atoms with Crippen LogP contribution < -0.4 is 14.4 Å². The van der Waals surface area contributed by atoms with Crippen molar-refractivity contribution in [3.8, 4) is 17.6 Å². The summed E-state index contributed by atoms with van der Waals surface area (Å²) in [6.07, 6.45) is 6.01. The van der Waals surface area contributed by atoms with Crippen molar-refractivity contribution in [2.24, 2.45) is 4.99 Å². The monoisotopic (exact) mass is 418 g/mol. The lowest BCUT2D eigenvalue weighted by Crippen LogP contribution is -2.43. The van der Waals surface area contributed by atoms with Gasteiger partial charge in [0.1, 0.15) is 11.5 Å². The zero-order chi connectivity index (χ0) is 20.8. The SMILES string of the molecule is CCCCOc1ccc(OC2=NC=CC(CC#N)N2c2nc3ccccc3s2)cc1. The van der Waals surface area contributed by atoms with Gasteiger partial charge in [-0.1, -0.05) is 36.8 Å². The predicted octanol–water partition coefficient (Wildman–Crippen LogP) is 5.53. The highest BCUT2D eigenvalue weighted by molar-refractivity contribution is 7.22. The molecule has 0 aliphatic carbocycles. The molecular weight excluding hydrogens is 396 g/mol. The Hall–Kier alpha value is -3.37. The number of nitrogens with zero attached hydrogens (tertiary/aromatic N) is 4. The number of aromatic nitrogens is 1. The van der Waals surface area contributed by atoms with E-state index in [9.17, 15) is 5.26 Å². The lowest BCUT2D eigenvalue weighted by molar-refractivity contribution is 0.309. The van der Waals surface area contributed by atoms with Gasteiger partial charge >= 0.3 is 6.02 Å². The fourth-order valence-electron chi connectivity index (χ4n) is 3.06. The number of thiazole rings is 1. The Morgan fingerprint density at radius 2 is 1.93 bits per heavy atom. The molecule has 2 aromatic carbocycles. The highest BCUT2D eigenvalue weighted by Crippen LogP contribution is 2.32. The number of anilines is 1. The Morgan fingerprint density at radius 1 is 1.13 bits per heavy atom. The first kappa shape index (κ1) is 19.9. The fraction of sp³-hybridized carbons (Fsp3) is 0.261. The van der Waals surface area contributed by atoms with Gasteiger partial charge in [-0.2, -0.15) is 5.26 Å². The van der Waals surface area contributed by atoms with Gasteiger partial charge in [-0.3, -0.25) is 4.90 Å². The Labute approximate surface area is 179 Å². The number of fused-ring (bicyclic) bond motifs is 1. The molecule has 0 fully saturated rings. The zero-order valence-corrected chi connectivity index (χ0v) is 17.5. The summed E-state index contributed by atoms with van der Waals surface area (Å²) >= 11 is 1.55. The van der Waals surface area contributed by atoms with Crippen LogP contribution in [0.5, 0.6) is 11.5 Å². The molecule has 1 aliphatic heterocycles. The number of nitriles is 1. The van der Waals surface area contributed by atoms with Crippen LogP contribution in [0.3, 0.4) is 0 Å². The summed E-state index contributed by atoms with van der Waals surface area (Å²) in [4.78, 5) is 11.1. The van der Waals surface area contributed by atoms with E-state index in [1.807, 2.05) is 59.5 Å². The van der Waals surface area contributed by atoms with Gasteiger partial charge in [-0.05, 0) is 48.9 Å². The smallest absolute Gasteiger partial charge is 0.304 e. The predicted molar refractivity (Wildman–Crippen MR) is 120 cm³/mol. The second-order valence-electron chi connectivity index (χ2n) is 6.79.